The number of benzene rings is 1. The van der Waals surface area contributed by atoms with Gasteiger partial charge in [0, 0.05) is 25.6 Å². The van der Waals surface area contributed by atoms with E-state index in [0.717, 1.165) is 6.42 Å². The molecular formula is C17H21N3O3. The molecule has 2 aliphatic heterocycles. The highest BCUT2D eigenvalue weighted by atomic mass is 16.2. The van der Waals surface area contributed by atoms with Crippen LogP contribution in [-0.4, -0.2) is 53.2 Å². The summed E-state index contributed by atoms with van der Waals surface area (Å²) in [5.41, 5.74) is 6.52. The van der Waals surface area contributed by atoms with Gasteiger partial charge in [-0.25, -0.2) is 0 Å². The number of hydrogen-bond donors (Lipinski definition) is 1. The van der Waals surface area contributed by atoms with Crippen LogP contribution in [0.5, 0.6) is 0 Å². The molecule has 0 aliphatic carbocycles. The molecule has 3 amide bonds. The number of rotatable bonds is 4. The van der Waals surface area contributed by atoms with Crippen molar-refractivity contribution in [2.75, 3.05) is 19.6 Å². The van der Waals surface area contributed by atoms with Gasteiger partial charge in [-0.1, -0.05) is 12.1 Å². The number of hydrogen-bond acceptors (Lipinski definition) is 4. The molecule has 0 saturated carbocycles. The monoisotopic (exact) mass is 315 g/mol. The number of carbonyl (C=O) groups excluding carboxylic acids is 3. The van der Waals surface area contributed by atoms with Crippen LogP contribution in [0, 0.1) is 5.92 Å². The number of likely N-dealkylation sites (tertiary alicyclic amines) is 1. The highest BCUT2D eigenvalue weighted by Crippen LogP contribution is 2.25. The molecule has 2 atom stereocenters. The van der Waals surface area contributed by atoms with Gasteiger partial charge < -0.3 is 10.6 Å². The minimum absolute atomic E-state index is 0.0231. The van der Waals surface area contributed by atoms with Crippen molar-refractivity contribution in [1.82, 2.24) is 9.80 Å². The maximum Gasteiger partial charge on any atom is 0.261 e. The van der Waals surface area contributed by atoms with E-state index in [9.17, 15) is 14.4 Å². The standard InChI is InChI=1S/C17H21N3O3/c1-11-8-12(9-18)10-20(11)15(21)6-7-19-16(22)13-4-2-3-5-14(13)17(19)23/h2-5,11-12H,6-10,18H2,1H3. The Morgan fingerprint density at radius 3 is 2.35 bits per heavy atom. The van der Waals surface area contributed by atoms with Crippen molar-refractivity contribution in [2.45, 2.75) is 25.8 Å². The van der Waals surface area contributed by atoms with E-state index in [4.69, 9.17) is 5.73 Å². The second-order valence-corrected chi connectivity index (χ2v) is 6.29. The average Bonchev–Trinajstić information content (AvgIpc) is 3.05. The third-order valence-corrected chi connectivity index (χ3v) is 4.74. The zero-order valence-electron chi connectivity index (χ0n) is 13.2. The lowest BCUT2D eigenvalue weighted by atomic mass is 10.1. The Labute approximate surface area is 135 Å². The molecule has 3 rings (SSSR count). The highest BCUT2D eigenvalue weighted by Gasteiger charge is 2.36. The van der Waals surface area contributed by atoms with Crippen molar-refractivity contribution < 1.29 is 14.4 Å². The molecule has 2 aliphatic rings. The van der Waals surface area contributed by atoms with E-state index in [0.29, 0.717) is 30.1 Å². The van der Waals surface area contributed by atoms with Crippen molar-refractivity contribution in [2.24, 2.45) is 11.7 Å². The van der Waals surface area contributed by atoms with Crippen molar-refractivity contribution in [3.05, 3.63) is 35.4 Å². The van der Waals surface area contributed by atoms with E-state index in [1.54, 1.807) is 24.3 Å². The molecule has 1 aromatic carbocycles. The second kappa shape index (κ2) is 6.12. The van der Waals surface area contributed by atoms with E-state index in [2.05, 4.69) is 0 Å². The number of nitrogens with two attached hydrogens (primary N) is 1. The minimum atomic E-state index is -0.312. The van der Waals surface area contributed by atoms with Crippen LogP contribution in [-0.2, 0) is 4.79 Å². The van der Waals surface area contributed by atoms with Gasteiger partial charge in [-0.15, -0.1) is 0 Å². The van der Waals surface area contributed by atoms with Crippen LogP contribution in [0.2, 0.25) is 0 Å². The van der Waals surface area contributed by atoms with Crippen LogP contribution in [0.1, 0.15) is 40.5 Å². The maximum atomic E-state index is 12.4. The molecule has 122 valence electrons. The summed E-state index contributed by atoms with van der Waals surface area (Å²) in [6, 6.07) is 6.92. The smallest absolute Gasteiger partial charge is 0.261 e. The maximum absolute atomic E-state index is 12.4. The number of nitrogens with zero attached hydrogens (tertiary/aromatic N) is 2. The zero-order valence-corrected chi connectivity index (χ0v) is 13.2. The van der Waals surface area contributed by atoms with Gasteiger partial charge in [-0.3, -0.25) is 19.3 Å². The lowest BCUT2D eigenvalue weighted by Gasteiger charge is -2.23. The van der Waals surface area contributed by atoms with E-state index in [-0.39, 0.29) is 36.7 Å². The Bertz CT molecular complexity index is 623. The van der Waals surface area contributed by atoms with Crippen molar-refractivity contribution in [1.29, 1.82) is 0 Å². The van der Waals surface area contributed by atoms with Gasteiger partial charge in [0.25, 0.3) is 11.8 Å². The summed E-state index contributed by atoms with van der Waals surface area (Å²) in [5, 5.41) is 0. The highest BCUT2D eigenvalue weighted by molar-refractivity contribution is 6.21. The molecule has 23 heavy (non-hydrogen) atoms. The minimum Gasteiger partial charge on any atom is -0.340 e. The summed E-state index contributed by atoms with van der Waals surface area (Å²) in [6.45, 7) is 3.38. The molecule has 1 fully saturated rings. The quantitative estimate of drug-likeness (QED) is 0.836. The van der Waals surface area contributed by atoms with Gasteiger partial charge in [-0.05, 0) is 37.9 Å². The summed E-state index contributed by atoms with van der Waals surface area (Å²) in [5.74, 6) is -0.307. The fourth-order valence-electron chi connectivity index (χ4n) is 3.45. The van der Waals surface area contributed by atoms with E-state index < -0.39 is 0 Å². The first-order chi connectivity index (χ1) is 11.0. The van der Waals surface area contributed by atoms with E-state index in [1.807, 2.05) is 11.8 Å². The van der Waals surface area contributed by atoms with Gasteiger partial charge in [0.2, 0.25) is 5.91 Å². The summed E-state index contributed by atoms with van der Waals surface area (Å²) in [7, 11) is 0. The average molecular weight is 315 g/mol. The Morgan fingerprint density at radius 2 is 1.83 bits per heavy atom. The molecule has 6 heteroatoms. The van der Waals surface area contributed by atoms with E-state index in [1.165, 1.54) is 4.90 Å². The summed E-state index contributed by atoms with van der Waals surface area (Å²) >= 11 is 0. The molecule has 2 heterocycles. The second-order valence-electron chi connectivity index (χ2n) is 6.29. The Balaban J connectivity index is 1.62. The largest absolute Gasteiger partial charge is 0.340 e. The first-order valence-corrected chi connectivity index (χ1v) is 7.97. The third-order valence-electron chi connectivity index (χ3n) is 4.74. The Kier molecular flexibility index (Phi) is 4.17. The summed E-state index contributed by atoms with van der Waals surface area (Å²) in [6.07, 6.45) is 1.07. The molecule has 6 nitrogen and oxygen atoms in total. The number of fused-ring (bicyclic) bond motifs is 1. The van der Waals surface area contributed by atoms with Crippen LogP contribution >= 0.6 is 0 Å². The first kappa shape index (κ1) is 15.7. The fourth-order valence-corrected chi connectivity index (χ4v) is 3.45. The van der Waals surface area contributed by atoms with Crippen LogP contribution in [0.4, 0.5) is 0 Å². The van der Waals surface area contributed by atoms with E-state index >= 15 is 0 Å². The van der Waals surface area contributed by atoms with Crippen LogP contribution in [0.25, 0.3) is 0 Å². The number of imide groups is 1. The van der Waals surface area contributed by atoms with Crippen LogP contribution in [0.15, 0.2) is 24.3 Å². The molecule has 0 aromatic heterocycles. The summed E-state index contributed by atoms with van der Waals surface area (Å²) in [4.78, 5) is 39.9. The van der Waals surface area contributed by atoms with Crippen molar-refractivity contribution in [3.63, 3.8) is 0 Å². The van der Waals surface area contributed by atoms with Crippen LogP contribution in [0.3, 0.4) is 0 Å². The zero-order chi connectivity index (χ0) is 16.6. The SMILES string of the molecule is CC1CC(CN)CN1C(=O)CCN1C(=O)c2ccccc2C1=O. The van der Waals surface area contributed by atoms with Gasteiger partial charge in [0.15, 0.2) is 0 Å². The fraction of sp³-hybridized carbons (Fsp3) is 0.471. The molecule has 1 aromatic rings. The Hall–Kier alpha value is -2.21. The Morgan fingerprint density at radius 1 is 1.22 bits per heavy atom. The van der Waals surface area contributed by atoms with Gasteiger partial charge in [-0.2, -0.15) is 0 Å². The first-order valence-electron chi connectivity index (χ1n) is 7.97. The topological polar surface area (TPSA) is 83.7 Å². The van der Waals surface area contributed by atoms with Gasteiger partial charge in [0.1, 0.15) is 0 Å². The molecule has 0 spiro atoms. The van der Waals surface area contributed by atoms with Crippen molar-refractivity contribution >= 4 is 17.7 Å². The normalized spacial score (nSPS) is 23.6. The lowest BCUT2D eigenvalue weighted by molar-refractivity contribution is -0.131. The third kappa shape index (κ3) is 2.74. The molecule has 2 unspecified atom stereocenters. The van der Waals surface area contributed by atoms with Crippen molar-refractivity contribution in [3.8, 4) is 0 Å². The lowest BCUT2D eigenvalue weighted by Crippen LogP contribution is -2.38. The number of amides is 3. The molecule has 1 saturated heterocycles. The number of carbonyl (C=O) groups is 3. The predicted octanol–water partition coefficient (Wildman–Crippen LogP) is 0.868. The van der Waals surface area contributed by atoms with Crippen LogP contribution < -0.4 is 5.73 Å². The van der Waals surface area contributed by atoms with Gasteiger partial charge in [0.05, 0.1) is 11.1 Å². The molecule has 2 N–H and O–H groups in total. The predicted molar refractivity (Wildman–Crippen MR) is 84.8 cm³/mol. The molecule has 0 bridgehead atoms. The van der Waals surface area contributed by atoms with Gasteiger partial charge >= 0.3 is 0 Å². The molecular weight excluding hydrogens is 294 g/mol. The molecule has 0 radical (unpaired) electrons. The summed E-state index contributed by atoms with van der Waals surface area (Å²) < 4.78 is 0.